The summed E-state index contributed by atoms with van der Waals surface area (Å²) in [6.45, 7) is 4.36. The van der Waals surface area contributed by atoms with Crippen molar-refractivity contribution in [3.8, 4) is 0 Å². The van der Waals surface area contributed by atoms with Gasteiger partial charge in [0, 0.05) is 45.5 Å². The zero-order valence-corrected chi connectivity index (χ0v) is 24.5. The van der Waals surface area contributed by atoms with Crippen molar-refractivity contribution < 1.29 is 22.7 Å². The summed E-state index contributed by atoms with van der Waals surface area (Å²) >= 11 is 4.37. The van der Waals surface area contributed by atoms with E-state index >= 15 is 0 Å². The maximum Gasteiger partial charge on any atom is 0.337 e. The van der Waals surface area contributed by atoms with Gasteiger partial charge in [-0.05, 0) is 71.0 Å². The largest absolute Gasteiger partial charge is 0.465 e. The number of carbonyl (C=O) groups is 2. The minimum Gasteiger partial charge on any atom is -0.465 e. The zero-order valence-electron chi connectivity index (χ0n) is 21.3. The molecule has 1 aromatic heterocycles. The molecular weight excluding hydrogens is 592 g/mol. The van der Waals surface area contributed by atoms with E-state index in [9.17, 15) is 18.0 Å². The van der Waals surface area contributed by atoms with E-state index in [4.69, 9.17) is 0 Å². The lowest BCUT2D eigenvalue weighted by molar-refractivity contribution is 0.0600. The Morgan fingerprint density at radius 1 is 1.05 bits per heavy atom. The lowest BCUT2D eigenvalue weighted by atomic mass is 10.1. The van der Waals surface area contributed by atoms with Crippen LogP contribution in [0.4, 0.5) is 11.4 Å². The maximum absolute atomic E-state index is 13.3. The predicted octanol–water partition coefficient (Wildman–Crippen LogP) is 3.80. The van der Waals surface area contributed by atoms with Crippen molar-refractivity contribution in [2.45, 2.75) is 11.4 Å². The Hall–Kier alpha value is -2.93. The molecule has 0 radical (unpaired) electrons. The molecule has 1 saturated heterocycles. The number of hydrogen-bond acceptors (Lipinski definition) is 8. The summed E-state index contributed by atoms with van der Waals surface area (Å²) in [5, 5.41) is 2.87. The first-order chi connectivity index (χ1) is 18.1. The number of benzene rings is 2. The van der Waals surface area contributed by atoms with Crippen molar-refractivity contribution in [1.82, 2.24) is 10.2 Å². The quantitative estimate of drug-likeness (QED) is 0.382. The highest BCUT2D eigenvalue weighted by Gasteiger charge is 2.28. The summed E-state index contributed by atoms with van der Waals surface area (Å²) in [6, 6.07) is 15.5. The van der Waals surface area contributed by atoms with Crippen LogP contribution in [0.3, 0.4) is 0 Å². The third-order valence-corrected chi connectivity index (χ3v) is 10.5. The molecule has 1 N–H and O–H groups in total. The van der Waals surface area contributed by atoms with Gasteiger partial charge in [-0.15, -0.1) is 11.3 Å². The Balaban J connectivity index is 1.40. The molecule has 0 bridgehead atoms. The average molecular weight is 622 g/mol. The lowest BCUT2D eigenvalue weighted by Crippen LogP contribution is -2.44. The third kappa shape index (κ3) is 6.20. The summed E-state index contributed by atoms with van der Waals surface area (Å²) in [5.41, 5.74) is 2.79. The number of likely N-dealkylation sites (N-methyl/N-ethyl adjacent to an activating group) is 1. The van der Waals surface area contributed by atoms with E-state index in [-0.39, 0.29) is 15.7 Å². The average Bonchev–Trinajstić information content (AvgIpc) is 3.34. The van der Waals surface area contributed by atoms with Crippen LogP contribution >= 0.6 is 27.3 Å². The van der Waals surface area contributed by atoms with Crippen molar-refractivity contribution >= 4 is 60.5 Å². The standard InChI is InChI=1S/C26H29BrN4O5S2/c1-29-12-14-31(15-13-29)21-8-4-18(5-9-21)17-28-25(32)22-16-23(24(27)37-22)38(34,35)30(2)20-10-6-19(7-11-20)26(33)36-3/h4-11,16H,12-15,17H2,1-3H3,(H,28,32). The highest BCUT2D eigenvalue weighted by atomic mass is 79.9. The van der Waals surface area contributed by atoms with Gasteiger partial charge in [-0.3, -0.25) is 9.10 Å². The number of hydrogen-bond donors (Lipinski definition) is 1. The summed E-state index contributed by atoms with van der Waals surface area (Å²) in [7, 11) is 0.849. The van der Waals surface area contributed by atoms with Gasteiger partial charge >= 0.3 is 5.97 Å². The van der Waals surface area contributed by atoms with Crippen LogP contribution in [0.25, 0.3) is 0 Å². The van der Waals surface area contributed by atoms with Crippen LogP contribution < -0.4 is 14.5 Å². The Morgan fingerprint density at radius 3 is 2.29 bits per heavy atom. The van der Waals surface area contributed by atoms with Gasteiger partial charge in [0.2, 0.25) is 0 Å². The molecule has 12 heteroatoms. The fraction of sp³-hybridized carbons (Fsp3) is 0.308. The zero-order chi connectivity index (χ0) is 27.4. The molecule has 202 valence electrons. The van der Waals surface area contributed by atoms with Crippen LogP contribution in [0, 0.1) is 0 Å². The second-order valence-electron chi connectivity index (χ2n) is 8.90. The minimum absolute atomic E-state index is 0.0104. The minimum atomic E-state index is -3.97. The summed E-state index contributed by atoms with van der Waals surface area (Å²) < 4.78 is 32.7. The molecule has 0 aliphatic carbocycles. The number of piperazine rings is 1. The van der Waals surface area contributed by atoms with E-state index in [1.54, 1.807) is 0 Å². The van der Waals surface area contributed by atoms with Crippen LogP contribution in [0.5, 0.6) is 0 Å². The molecular formula is C26H29BrN4O5S2. The number of anilines is 2. The highest BCUT2D eigenvalue weighted by Crippen LogP contribution is 2.35. The number of thiophene rings is 1. The number of nitrogens with one attached hydrogen (secondary N) is 1. The number of methoxy groups -OCH3 is 1. The normalized spacial score (nSPS) is 14.3. The molecule has 1 aliphatic rings. The van der Waals surface area contributed by atoms with Gasteiger partial charge < -0.3 is 19.9 Å². The molecule has 2 heterocycles. The lowest BCUT2D eigenvalue weighted by Gasteiger charge is -2.34. The second kappa shape index (κ2) is 11.9. The van der Waals surface area contributed by atoms with E-state index in [0.717, 1.165) is 53.1 Å². The number of sulfonamides is 1. The van der Waals surface area contributed by atoms with E-state index in [2.05, 4.69) is 55.0 Å². The monoisotopic (exact) mass is 620 g/mol. The Morgan fingerprint density at radius 2 is 1.68 bits per heavy atom. The summed E-state index contributed by atoms with van der Waals surface area (Å²) in [5.74, 6) is -0.866. The molecule has 0 spiro atoms. The van der Waals surface area contributed by atoms with Gasteiger partial charge in [0.1, 0.15) is 4.90 Å². The number of esters is 1. The summed E-state index contributed by atoms with van der Waals surface area (Å²) in [6.07, 6.45) is 0. The van der Waals surface area contributed by atoms with Gasteiger partial charge in [0.25, 0.3) is 15.9 Å². The maximum atomic E-state index is 13.3. The van der Waals surface area contributed by atoms with Crippen molar-refractivity contribution in [1.29, 1.82) is 0 Å². The first-order valence-electron chi connectivity index (χ1n) is 11.9. The third-order valence-electron chi connectivity index (χ3n) is 6.43. The molecule has 1 aliphatic heterocycles. The number of ether oxygens (including phenoxy) is 1. The Bertz CT molecular complexity index is 1400. The fourth-order valence-corrected chi connectivity index (χ4v) is 7.64. The molecule has 9 nitrogen and oxygen atoms in total. The van der Waals surface area contributed by atoms with Gasteiger partial charge in [-0.2, -0.15) is 0 Å². The molecule has 4 rings (SSSR count). The molecule has 0 unspecified atom stereocenters. The van der Waals surface area contributed by atoms with Crippen molar-refractivity contribution in [2.75, 3.05) is 56.6 Å². The summed E-state index contributed by atoms with van der Waals surface area (Å²) in [4.78, 5) is 29.4. The number of halogens is 1. The smallest absolute Gasteiger partial charge is 0.337 e. The van der Waals surface area contributed by atoms with Crippen molar-refractivity contribution in [3.05, 3.63) is 74.4 Å². The van der Waals surface area contributed by atoms with Gasteiger partial charge in [-0.1, -0.05) is 12.1 Å². The number of rotatable bonds is 8. The molecule has 1 amide bonds. The van der Waals surface area contributed by atoms with Crippen LogP contribution in [-0.4, -0.2) is 72.6 Å². The molecule has 3 aromatic rings. The van der Waals surface area contributed by atoms with Crippen LogP contribution in [0.1, 0.15) is 25.6 Å². The first kappa shape index (κ1) is 28.1. The van der Waals surface area contributed by atoms with E-state index in [1.165, 1.54) is 44.5 Å². The van der Waals surface area contributed by atoms with E-state index in [1.807, 2.05) is 12.1 Å². The van der Waals surface area contributed by atoms with Crippen LogP contribution in [0.15, 0.2) is 63.3 Å². The van der Waals surface area contributed by atoms with E-state index in [0.29, 0.717) is 21.6 Å². The van der Waals surface area contributed by atoms with Crippen molar-refractivity contribution in [3.63, 3.8) is 0 Å². The van der Waals surface area contributed by atoms with Crippen molar-refractivity contribution in [2.24, 2.45) is 0 Å². The fourth-order valence-electron chi connectivity index (χ4n) is 4.01. The SMILES string of the molecule is COC(=O)c1ccc(N(C)S(=O)(=O)c2cc(C(=O)NCc3ccc(N4CCN(C)CC4)cc3)sc2Br)cc1. The van der Waals surface area contributed by atoms with Gasteiger partial charge in [-0.25, -0.2) is 13.2 Å². The molecule has 1 fully saturated rings. The number of carbonyl (C=O) groups excluding carboxylic acids is 2. The first-order valence-corrected chi connectivity index (χ1v) is 14.9. The van der Waals surface area contributed by atoms with Crippen LogP contribution in [-0.2, 0) is 21.3 Å². The Labute approximate surface area is 235 Å². The highest BCUT2D eigenvalue weighted by molar-refractivity contribution is 9.11. The van der Waals surface area contributed by atoms with E-state index < -0.39 is 16.0 Å². The molecule has 2 aromatic carbocycles. The second-order valence-corrected chi connectivity index (χ2v) is 13.2. The number of amides is 1. The Kier molecular flexibility index (Phi) is 8.76. The molecule has 0 saturated carbocycles. The topological polar surface area (TPSA) is 99.3 Å². The number of nitrogens with zero attached hydrogens (tertiary/aromatic N) is 3. The van der Waals surface area contributed by atoms with Crippen LogP contribution in [0.2, 0.25) is 0 Å². The van der Waals surface area contributed by atoms with Gasteiger partial charge in [0.05, 0.1) is 27.0 Å². The molecule has 38 heavy (non-hydrogen) atoms. The molecule has 0 atom stereocenters. The predicted molar refractivity (Wildman–Crippen MR) is 153 cm³/mol. The van der Waals surface area contributed by atoms with Gasteiger partial charge in [0.15, 0.2) is 0 Å².